The van der Waals surface area contributed by atoms with E-state index in [0.717, 1.165) is 5.56 Å². The van der Waals surface area contributed by atoms with Gasteiger partial charge in [-0.2, -0.15) is 0 Å². The lowest BCUT2D eigenvalue weighted by molar-refractivity contribution is 0.104. The minimum absolute atomic E-state index is 0.199. The van der Waals surface area contributed by atoms with Crippen molar-refractivity contribution in [1.29, 1.82) is 0 Å². The third-order valence-electron chi connectivity index (χ3n) is 2.20. The van der Waals surface area contributed by atoms with Crippen LogP contribution in [0.3, 0.4) is 0 Å². The van der Waals surface area contributed by atoms with Crippen LogP contribution in [0, 0.1) is 0 Å². The van der Waals surface area contributed by atoms with Gasteiger partial charge in [0.2, 0.25) is 0 Å². The van der Waals surface area contributed by atoms with Gasteiger partial charge in [0.05, 0.1) is 11.1 Å². The molecule has 1 aromatic carbocycles. The molecular formula is C11H15Cl2NO2. The molecule has 1 aromatic rings. The molecule has 0 saturated heterocycles. The first-order chi connectivity index (χ1) is 7.58. The number of benzene rings is 1. The zero-order valence-electron chi connectivity index (χ0n) is 9.04. The van der Waals surface area contributed by atoms with Crippen molar-refractivity contribution >= 4 is 23.2 Å². The summed E-state index contributed by atoms with van der Waals surface area (Å²) in [6.07, 6.45) is 0.126. The molecule has 0 amide bonds. The van der Waals surface area contributed by atoms with Crippen molar-refractivity contribution < 1.29 is 9.84 Å². The lowest BCUT2D eigenvalue weighted by atomic mass is 10.2. The van der Waals surface area contributed by atoms with Gasteiger partial charge in [-0.15, -0.1) is 0 Å². The molecule has 16 heavy (non-hydrogen) atoms. The molecule has 0 aliphatic carbocycles. The number of rotatable bonds is 5. The summed E-state index contributed by atoms with van der Waals surface area (Å²) in [5.41, 5.74) is 6.30. The molecule has 1 atom stereocenters. The Bertz CT molecular complexity index is 358. The summed E-state index contributed by atoms with van der Waals surface area (Å²) in [6, 6.07) is 3.30. The Kier molecular flexibility index (Phi) is 5.35. The largest absolute Gasteiger partial charge is 0.489 e. The maximum Gasteiger partial charge on any atom is 0.142 e. The molecule has 1 unspecified atom stereocenters. The van der Waals surface area contributed by atoms with E-state index in [1.54, 1.807) is 12.1 Å². The average Bonchev–Trinajstić information content (AvgIpc) is 2.26. The molecule has 5 heteroatoms. The summed E-state index contributed by atoms with van der Waals surface area (Å²) >= 11 is 11.8. The van der Waals surface area contributed by atoms with Gasteiger partial charge in [-0.3, -0.25) is 0 Å². The topological polar surface area (TPSA) is 55.5 Å². The van der Waals surface area contributed by atoms with Crippen LogP contribution < -0.4 is 10.5 Å². The maximum atomic E-state index is 9.40. The molecule has 0 fully saturated rings. The first-order valence-electron chi connectivity index (χ1n) is 5.07. The SMILES string of the molecule is CCC(O)COc1c(Cl)cc(Cl)cc1CN. The Hall–Kier alpha value is -0.480. The third kappa shape index (κ3) is 3.52. The van der Waals surface area contributed by atoms with E-state index in [-0.39, 0.29) is 13.2 Å². The summed E-state index contributed by atoms with van der Waals surface area (Å²) in [4.78, 5) is 0. The predicted molar refractivity (Wildman–Crippen MR) is 66.1 cm³/mol. The van der Waals surface area contributed by atoms with E-state index in [0.29, 0.717) is 22.2 Å². The standard InChI is InChI=1S/C11H15Cl2NO2/c1-2-9(15)6-16-11-7(5-14)3-8(12)4-10(11)13/h3-4,9,15H,2,5-6,14H2,1H3. The highest BCUT2D eigenvalue weighted by atomic mass is 35.5. The Labute approximate surface area is 105 Å². The van der Waals surface area contributed by atoms with Crippen LogP contribution in [0.2, 0.25) is 10.0 Å². The first kappa shape index (κ1) is 13.6. The molecule has 0 heterocycles. The van der Waals surface area contributed by atoms with Crippen molar-refractivity contribution in [3.63, 3.8) is 0 Å². The normalized spacial score (nSPS) is 12.6. The Morgan fingerprint density at radius 1 is 1.44 bits per heavy atom. The maximum absolute atomic E-state index is 9.40. The van der Waals surface area contributed by atoms with Crippen LogP contribution in [0.25, 0.3) is 0 Å². The van der Waals surface area contributed by atoms with Crippen molar-refractivity contribution in [1.82, 2.24) is 0 Å². The van der Waals surface area contributed by atoms with Crippen molar-refractivity contribution in [2.45, 2.75) is 26.0 Å². The molecule has 0 aliphatic rings. The second kappa shape index (κ2) is 6.30. The number of nitrogens with two attached hydrogens (primary N) is 1. The number of halogens is 2. The molecule has 0 aromatic heterocycles. The zero-order valence-corrected chi connectivity index (χ0v) is 10.6. The van der Waals surface area contributed by atoms with Gasteiger partial charge in [0, 0.05) is 17.1 Å². The number of aliphatic hydroxyl groups is 1. The average molecular weight is 264 g/mol. The first-order valence-corrected chi connectivity index (χ1v) is 5.82. The summed E-state index contributed by atoms with van der Waals surface area (Å²) in [5, 5.41) is 10.3. The molecule has 0 bridgehead atoms. The van der Waals surface area contributed by atoms with Gasteiger partial charge < -0.3 is 15.6 Å². The molecule has 1 rings (SSSR count). The van der Waals surface area contributed by atoms with Gasteiger partial charge in [-0.1, -0.05) is 30.1 Å². The van der Waals surface area contributed by atoms with Gasteiger partial charge in [-0.25, -0.2) is 0 Å². The van der Waals surface area contributed by atoms with Crippen LogP contribution in [0.4, 0.5) is 0 Å². The highest BCUT2D eigenvalue weighted by Crippen LogP contribution is 2.32. The number of hydrogen-bond acceptors (Lipinski definition) is 3. The molecular weight excluding hydrogens is 249 g/mol. The Balaban J connectivity index is 2.85. The van der Waals surface area contributed by atoms with Crippen LogP contribution in [0.1, 0.15) is 18.9 Å². The fraction of sp³-hybridized carbons (Fsp3) is 0.455. The van der Waals surface area contributed by atoms with E-state index in [1.807, 2.05) is 6.92 Å². The van der Waals surface area contributed by atoms with Crippen LogP contribution in [-0.4, -0.2) is 17.8 Å². The molecule has 0 radical (unpaired) electrons. The van der Waals surface area contributed by atoms with Gasteiger partial charge in [0.1, 0.15) is 12.4 Å². The lowest BCUT2D eigenvalue weighted by Gasteiger charge is -2.15. The van der Waals surface area contributed by atoms with Crippen molar-refractivity contribution in [3.8, 4) is 5.75 Å². The van der Waals surface area contributed by atoms with Gasteiger partial charge in [0.15, 0.2) is 0 Å². The molecule has 0 aliphatic heterocycles. The molecule has 3 nitrogen and oxygen atoms in total. The number of aliphatic hydroxyl groups excluding tert-OH is 1. The van der Waals surface area contributed by atoms with E-state index in [9.17, 15) is 5.11 Å². The number of ether oxygens (including phenoxy) is 1. The smallest absolute Gasteiger partial charge is 0.142 e. The highest BCUT2D eigenvalue weighted by Gasteiger charge is 2.11. The van der Waals surface area contributed by atoms with E-state index in [1.165, 1.54) is 0 Å². The predicted octanol–water partition coefficient (Wildman–Crippen LogP) is 2.60. The van der Waals surface area contributed by atoms with E-state index < -0.39 is 6.10 Å². The van der Waals surface area contributed by atoms with Crippen LogP contribution in [-0.2, 0) is 6.54 Å². The monoisotopic (exact) mass is 263 g/mol. The minimum atomic E-state index is -0.502. The van der Waals surface area contributed by atoms with Crippen LogP contribution in [0.5, 0.6) is 5.75 Å². The van der Waals surface area contributed by atoms with Crippen molar-refractivity contribution in [2.75, 3.05) is 6.61 Å². The minimum Gasteiger partial charge on any atom is -0.489 e. The molecule has 3 N–H and O–H groups in total. The molecule has 90 valence electrons. The van der Waals surface area contributed by atoms with Gasteiger partial charge >= 0.3 is 0 Å². The summed E-state index contributed by atoms with van der Waals surface area (Å²) < 4.78 is 5.45. The molecule has 0 spiro atoms. The Morgan fingerprint density at radius 2 is 2.12 bits per heavy atom. The summed E-state index contributed by atoms with van der Waals surface area (Å²) in [7, 11) is 0. The summed E-state index contributed by atoms with van der Waals surface area (Å²) in [6.45, 7) is 2.37. The van der Waals surface area contributed by atoms with E-state index in [2.05, 4.69) is 0 Å². The zero-order chi connectivity index (χ0) is 12.1. The second-order valence-electron chi connectivity index (χ2n) is 3.45. The lowest BCUT2D eigenvalue weighted by Crippen LogP contribution is -2.17. The van der Waals surface area contributed by atoms with Crippen molar-refractivity contribution in [2.24, 2.45) is 5.73 Å². The van der Waals surface area contributed by atoms with Gasteiger partial charge in [0.25, 0.3) is 0 Å². The summed E-state index contributed by atoms with van der Waals surface area (Å²) in [5.74, 6) is 0.501. The second-order valence-corrected chi connectivity index (χ2v) is 4.30. The quantitative estimate of drug-likeness (QED) is 0.859. The molecule has 0 saturated carbocycles. The van der Waals surface area contributed by atoms with E-state index in [4.69, 9.17) is 33.7 Å². The Morgan fingerprint density at radius 3 is 2.69 bits per heavy atom. The van der Waals surface area contributed by atoms with Crippen LogP contribution >= 0.6 is 23.2 Å². The van der Waals surface area contributed by atoms with E-state index >= 15 is 0 Å². The third-order valence-corrected chi connectivity index (χ3v) is 2.70. The fourth-order valence-electron chi connectivity index (χ4n) is 1.22. The van der Waals surface area contributed by atoms with Gasteiger partial charge in [-0.05, 0) is 18.6 Å². The number of hydrogen-bond donors (Lipinski definition) is 2. The van der Waals surface area contributed by atoms with Crippen molar-refractivity contribution in [3.05, 3.63) is 27.7 Å². The van der Waals surface area contributed by atoms with Crippen LogP contribution in [0.15, 0.2) is 12.1 Å². The highest BCUT2D eigenvalue weighted by molar-refractivity contribution is 6.35. The fourth-order valence-corrected chi connectivity index (χ4v) is 1.81.